The van der Waals surface area contributed by atoms with E-state index >= 15 is 0 Å². The highest BCUT2D eigenvalue weighted by Crippen LogP contribution is 2.46. The maximum atomic E-state index is 13.4. The lowest BCUT2D eigenvalue weighted by Gasteiger charge is -2.34. The lowest BCUT2D eigenvalue weighted by atomic mass is 9.71. The molecule has 1 fully saturated rings. The molecular weight excluding hydrogens is 610 g/mol. The van der Waals surface area contributed by atoms with Crippen molar-refractivity contribution >= 4 is 26.1 Å². The van der Waals surface area contributed by atoms with Crippen LogP contribution in [0.5, 0.6) is 0 Å². The Labute approximate surface area is 286 Å². The van der Waals surface area contributed by atoms with Gasteiger partial charge in [-0.25, -0.2) is 4.79 Å². The van der Waals surface area contributed by atoms with E-state index < -0.39 is 24.0 Å². The smallest absolute Gasteiger partial charge is 0.457 e. The molecule has 2 aromatic heterocycles. The summed E-state index contributed by atoms with van der Waals surface area (Å²) in [5, 5.41) is 30.3. The maximum Gasteiger partial charge on any atom is 0.457 e. The van der Waals surface area contributed by atoms with E-state index in [1.807, 2.05) is 33.2 Å². The predicted molar refractivity (Wildman–Crippen MR) is 186 cm³/mol. The number of nitrogens with two attached hydrogens (primary N) is 1. The average Bonchev–Trinajstić information content (AvgIpc) is 3.52. The van der Waals surface area contributed by atoms with Crippen LogP contribution in [0, 0.1) is 11.8 Å². The molecule has 1 saturated heterocycles. The van der Waals surface area contributed by atoms with Crippen LogP contribution in [0.15, 0.2) is 36.9 Å². The molecule has 3 aliphatic rings. The van der Waals surface area contributed by atoms with Crippen LogP contribution in [-0.4, -0.2) is 68.0 Å². The molecule has 48 heavy (non-hydrogen) atoms. The van der Waals surface area contributed by atoms with Crippen LogP contribution in [0.1, 0.15) is 103 Å². The van der Waals surface area contributed by atoms with E-state index in [1.165, 1.54) is 11.8 Å². The van der Waals surface area contributed by atoms with E-state index in [2.05, 4.69) is 56.0 Å². The largest absolute Gasteiger partial charge is 0.480 e. The number of pyridine rings is 2. The van der Waals surface area contributed by atoms with Crippen LogP contribution >= 0.6 is 0 Å². The minimum absolute atomic E-state index is 0.0948. The Bertz CT molecular complexity index is 1450. The van der Waals surface area contributed by atoms with Gasteiger partial charge in [-0.05, 0) is 134 Å². The summed E-state index contributed by atoms with van der Waals surface area (Å²) < 4.78 is 12.3. The number of carboxylic acid groups (broad SMARTS) is 1. The van der Waals surface area contributed by atoms with Crippen LogP contribution in [-0.2, 0) is 42.7 Å². The van der Waals surface area contributed by atoms with E-state index in [0.717, 1.165) is 36.7 Å². The summed E-state index contributed by atoms with van der Waals surface area (Å²) in [4.78, 5) is 33.2. The number of hydrogen-bond acceptors (Lipinski definition) is 9. The molecule has 3 heterocycles. The van der Waals surface area contributed by atoms with Crippen LogP contribution < -0.4 is 11.1 Å². The van der Waals surface area contributed by atoms with E-state index in [-0.39, 0.29) is 47.9 Å². The van der Waals surface area contributed by atoms with Crippen molar-refractivity contribution in [1.82, 2.24) is 15.3 Å². The second-order valence-electron chi connectivity index (χ2n) is 16.0. The van der Waals surface area contributed by atoms with Gasteiger partial charge < -0.3 is 35.5 Å². The molecule has 4 unspecified atom stereocenters. The SMILES string of the molecule is CC(C)(C)NC(=O)C1(C)c2cnccc2CC1CCCB1OC(C)(C)C(C)(C)O1.NC1(C(=O)O)c2cnccc2CC1CCCB(O)O. The van der Waals surface area contributed by atoms with Gasteiger partial charge in [0, 0.05) is 35.9 Å². The van der Waals surface area contributed by atoms with Crippen molar-refractivity contribution in [3.05, 3.63) is 59.2 Å². The zero-order chi connectivity index (χ0) is 35.7. The summed E-state index contributed by atoms with van der Waals surface area (Å²) in [6.07, 6.45) is 12.4. The van der Waals surface area contributed by atoms with E-state index in [9.17, 15) is 14.7 Å². The first-order valence-corrected chi connectivity index (χ1v) is 17.2. The molecule has 0 saturated carbocycles. The molecule has 13 heteroatoms. The summed E-state index contributed by atoms with van der Waals surface area (Å²) in [6.45, 7) is 16.5. The van der Waals surface area contributed by atoms with Gasteiger partial charge in [-0.2, -0.15) is 0 Å². The fourth-order valence-electron chi connectivity index (χ4n) is 7.33. The third kappa shape index (κ3) is 7.81. The molecule has 11 nitrogen and oxygen atoms in total. The molecule has 0 spiro atoms. The molecule has 0 radical (unpaired) electrons. The van der Waals surface area contributed by atoms with Gasteiger partial charge in [0.15, 0.2) is 0 Å². The zero-order valence-corrected chi connectivity index (χ0v) is 29.9. The molecule has 2 aromatic rings. The van der Waals surface area contributed by atoms with Crippen molar-refractivity contribution in [2.75, 3.05) is 0 Å². The highest BCUT2D eigenvalue weighted by Gasteiger charge is 2.52. The summed E-state index contributed by atoms with van der Waals surface area (Å²) in [5.41, 5.74) is 7.05. The number of aliphatic carboxylic acids is 1. The van der Waals surface area contributed by atoms with E-state index in [4.69, 9.17) is 25.1 Å². The average molecular weight is 664 g/mol. The monoisotopic (exact) mass is 664 g/mol. The number of rotatable bonds is 10. The maximum absolute atomic E-state index is 13.4. The second kappa shape index (κ2) is 14.2. The number of aromatic nitrogens is 2. The standard InChI is InChI=1S/C23H37BN2O3.C12H17BN2O4/c1-20(2,3)26-19(27)23(8)17(14-16-11-13-25-15-18(16)23)10-9-12-24-28-21(4,5)22(6,7)29-24;14-12(11(16)17)9(2-1-4-13(18)19)6-8-3-5-15-7-10(8)12/h11,13,15,17H,9-10,12,14H2,1-8H3,(H,26,27);3,5,7,9,18-19H,1-2,4,6,14H2,(H,16,17). The summed E-state index contributed by atoms with van der Waals surface area (Å²) in [7, 11) is -1.54. The topological polar surface area (TPSA) is 177 Å². The second-order valence-corrected chi connectivity index (χ2v) is 16.0. The Morgan fingerprint density at radius 1 is 0.938 bits per heavy atom. The number of nitrogens with one attached hydrogen (secondary N) is 1. The molecule has 0 bridgehead atoms. The van der Waals surface area contributed by atoms with Crippen LogP contribution in [0.25, 0.3) is 0 Å². The summed E-state index contributed by atoms with van der Waals surface area (Å²) in [5.74, 6) is -0.972. The molecular formula is C35H54B2N4O7. The van der Waals surface area contributed by atoms with Crippen LogP contribution in [0.2, 0.25) is 12.6 Å². The van der Waals surface area contributed by atoms with Gasteiger partial charge in [0.1, 0.15) is 5.54 Å². The minimum Gasteiger partial charge on any atom is -0.480 e. The number of amides is 1. The van der Waals surface area contributed by atoms with Gasteiger partial charge in [-0.1, -0.05) is 12.8 Å². The number of hydrogen-bond donors (Lipinski definition) is 5. The van der Waals surface area contributed by atoms with Crippen molar-refractivity contribution in [3.63, 3.8) is 0 Å². The molecule has 4 atom stereocenters. The number of carbonyl (C=O) groups is 2. The molecule has 262 valence electrons. The first-order valence-electron chi connectivity index (χ1n) is 17.2. The van der Waals surface area contributed by atoms with Crippen molar-refractivity contribution in [2.24, 2.45) is 17.6 Å². The van der Waals surface area contributed by atoms with Crippen LogP contribution in [0.4, 0.5) is 0 Å². The lowest BCUT2D eigenvalue weighted by Crippen LogP contribution is -2.52. The first kappa shape index (κ1) is 38.0. The van der Waals surface area contributed by atoms with Crippen molar-refractivity contribution in [2.45, 2.75) is 134 Å². The summed E-state index contributed by atoms with van der Waals surface area (Å²) in [6, 6.07) is 3.85. The molecule has 0 aromatic carbocycles. The van der Waals surface area contributed by atoms with Gasteiger partial charge in [-0.15, -0.1) is 0 Å². The fraction of sp³-hybridized carbons (Fsp3) is 0.657. The van der Waals surface area contributed by atoms with Gasteiger partial charge in [0.2, 0.25) is 5.91 Å². The van der Waals surface area contributed by atoms with E-state index in [0.29, 0.717) is 24.8 Å². The third-order valence-electron chi connectivity index (χ3n) is 10.8. The Hall–Kier alpha value is -2.83. The van der Waals surface area contributed by atoms with Crippen molar-refractivity contribution < 1.29 is 34.1 Å². The lowest BCUT2D eigenvalue weighted by molar-refractivity contribution is -0.145. The normalized spacial score (nSPS) is 26.7. The highest BCUT2D eigenvalue weighted by atomic mass is 16.7. The number of carboxylic acids is 1. The number of nitrogens with zero attached hydrogens (tertiary/aromatic N) is 2. The Balaban J connectivity index is 0.000000237. The third-order valence-corrected chi connectivity index (χ3v) is 10.8. The predicted octanol–water partition coefficient (Wildman–Crippen LogP) is 4.04. The van der Waals surface area contributed by atoms with Gasteiger partial charge >= 0.3 is 20.2 Å². The van der Waals surface area contributed by atoms with Crippen molar-refractivity contribution in [1.29, 1.82) is 0 Å². The number of fused-ring (bicyclic) bond motifs is 2. The minimum atomic E-state index is -1.43. The Morgan fingerprint density at radius 3 is 2.00 bits per heavy atom. The highest BCUT2D eigenvalue weighted by molar-refractivity contribution is 6.45. The molecule has 2 aliphatic carbocycles. The van der Waals surface area contributed by atoms with Gasteiger partial charge in [-0.3, -0.25) is 14.8 Å². The Morgan fingerprint density at radius 2 is 1.46 bits per heavy atom. The quantitative estimate of drug-likeness (QED) is 0.233. The molecule has 5 rings (SSSR count). The zero-order valence-electron chi connectivity index (χ0n) is 29.9. The number of carbonyl (C=O) groups excluding carboxylic acids is 1. The summed E-state index contributed by atoms with van der Waals surface area (Å²) >= 11 is 0. The van der Waals surface area contributed by atoms with E-state index in [1.54, 1.807) is 12.3 Å². The first-order chi connectivity index (χ1) is 22.2. The van der Waals surface area contributed by atoms with Gasteiger partial charge in [0.05, 0.1) is 16.6 Å². The Kier molecular flexibility index (Phi) is 11.2. The fourth-order valence-corrected chi connectivity index (χ4v) is 7.33. The molecule has 1 amide bonds. The van der Waals surface area contributed by atoms with Gasteiger partial charge in [0.25, 0.3) is 0 Å². The van der Waals surface area contributed by atoms with Crippen molar-refractivity contribution in [3.8, 4) is 0 Å². The molecule has 6 N–H and O–H groups in total. The molecule has 1 aliphatic heterocycles. The van der Waals surface area contributed by atoms with Crippen LogP contribution in [0.3, 0.4) is 0 Å².